The highest BCUT2D eigenvalue weighted by Gasteiger charge is 2.02. The highest BCUT2D eigenvalue weighted by Crippen LogP contribution is 1.77. The molecule has 1 unspecified atom stereocenters. The van der Waals surface area contributed by atoms with E-state index in [1.165, 1.54) is 0 Å². The number of rotatable bonds is 6. The minimum absolute atomic E-state index is 0.143. The number of carbonyl (C=O) groups is 2. The van der Waals surface area contributed by atoms with Gasteiger partial charge < -0.3 is 20.5 Å². The summed E-state index contributed by atoms with van der Waals surface area (Å²) in [5.74, 6) is 1.29. The smallest absolute Gasteiger partial charge is 0.329 e. The first kappa shape index (κ1) is 13.3. The Hall–Kier alpha value is -1.74. The summed E-state index contributed by atoms with van der Waals surface area (Å²) in [7, 11) is 0. The maximum absolute atomic E-state index is 11.0. The number of nitrogens with one attached hydrogen (secondary N) is 2. The summed E-state index contributed by atoms with van der Waals surface area (Å²) in [4.78, 5) is 21.1. The van der Waals surface area contributed by atoms with Crippen molar-refractivity contribution < 1.29 is 19.4 Å². The van der Waals surface area contributed by atoms with Crippen molar-refractivity contribution >= 4 is 12.0 Å². The van der Waals surface area contributed by atoms with E-state index in [1.807, 2.05) is 0 Å². The van der Waals surface area contributed by atoms with Crippen LogP contribution >= 0.6 is 0 Å². The van der Waals surface area contributed by atoms with Crippen LogP contribution in [-0.2, 0) is 9.53 Å². The van der Waals surface area contributed by atoms with Gasteiger partial charge in [0, 0.05) is 6.54 Å². The second kappa shape index (κ2) is 7.64. The van der Waals surface area contributed by atoms with Crippen LogP contribution in [0.3, 0.4) is 0 Å². The molecule has 1 atom stereocenters. The molecule has 0 radical (unpaired) electrons. The first-order valence-corrected chi connectivity index (χ1v) is 4.36. The number of ether oxygens (including phenoxy) is 1. The van der Waals surface area contributed by atoms with E-state index in [4.69, 9.17) is 16.3 Å². The zero-order valence-electron chi connectivity index (χ0n) is 8.45. The lowest BCUT2D eigenvalue weighted by atomic mass is 10.4. The molecule has 3 N–H and O–H groups in total. The number of aliphatic carboxylic acids is 1. The van der Waals surface area contributed by atoms with Crippen molar-refractivity contribution in [3.05, 3.63) is 0 Å². The molecule has 0 aliphatic carbocycles. The molecular weight excluding hydrogens is 200 g/mol. The minimum Gasteiger partial charge on any atom is -0.480 e. The molecule has 0 heterocycles. The number of carboxylic acids is 1. The van der Waals surface area contributed by atoms with Crippen LogP contribution in [0.25, 0.3) is 0 Å². The summed E-state index contributed by atoms with van der Waals surface area (Å²) in [6.07, 6.45) is 5.05. The zero-order valence-corrected chi connectivity index (χ0v) is 8.45. The molecule has 15 heavy (non-hydrogen) atoms. The van der Waals surface area contributed by atoms with Crippen LogP contribution in [0.15, 0.2) is 0 Å². The fourth-order valence-electron chi connectivity index (χ4n) is 0.686. The number of amides is 2. The van der Waals surface area contributed by atoms with Crippen molar-refractivity contribution in [2.75, 3.05) is 19.8 Å². The molecule has 0 fully saturated rings. The number of terminal acetylenes is 1. The lowest BCUT2D eigenvalue weighted by Crippen LogP contribution is -2.41. The lowest BCUT2D eigenvalue weighted by Gasteiger charge is -2.09. The van der Waals surface area contributed by atoms with Gasteiger partial charge in [-0.1, -0.05) is 5.92 Å². The third-order valence-corrected chi connectivity index (χ3v) is 1.36. The Morgan fingerprint density at radius 1 is 1.60 bits per heavy atom. The van der Waals surface area contributed by atoms with Crippen molar-refractivity contribution in [1.29, 1.82) is 0 Å². The molecule has 0 aromatic rings. The van der Waals surface area contributed by atoms with Crippen LogP contribution in [0.4, 0.5) is 4.79 Å². The van der Waals surface area contributed by atoms with E-state index < -0.39 is 12.0 Å². The molecule has 0 aromatic carbocycles. The Bertz CT molecular complexity index is 259. The number of urea groups is 1. The summed E-state index contributed by atoms with van der Waals surface area (Å²) >= 11 is 0. The molecule has 2 amide bonds. The van der Waals surface area contributed by atoms with Gasteiger partial charge in [-0.15, -0.1) is 6.42 Å². The molecule has 84 valence electrons. The van der Waals surface area contributed by atoms with Crippen molar-refractivity contribution in [2.24, 2.45) is 0 Å². The second-order valence-electron chi connectivity index (χ2n) is 2.73. The van der Waals surface area contributed by atoms with Gasteiger partial charge in [0.1, 0.15) is 6.61 Å². The minimum atomic E-state index is -1.04. The monoisotopic (exact) mass is 214 g/mol. The number of hydrogen-bond acceptors (Lipinski definition) is 3. The zero-order chi connectivity index (χ0) is 11.7. The summed E-state index contributed by atoms with van der Waals surface area (Å²) in [5, 5.41) is 13.2. The quantitative estimate of drug-likeness (QED) is 0.407. The van der Waals surface area contributed by atoms with E-state index >= 15 is 0 Å². The van der Waals surface area contributed by atoms with Gasteiger partial charge in [-0.3, -0.25) is 0 Å². The van der Waals surface area contributed by atoms with Crippen LogP contribution in [-0.4, -0.2) is 42.9 Å². The summed E-state index contributed by atoms with van der Waals surface area (Å²) in [6, 6.07) is -0.746. The van der Waals surface area contributed by atoms with Gasteiger partial charge in [0.25, 0.3) is 0 Å². The fraction of sp³-hybridized carbons (Fsp3) is 0.556. The number of carboxylic acid groups (broad SMARTS) is 1. The second-order valence-corrected chi connectivity index (χ2v) is 2.73. The maximum atomic E-state index is 11.0. The highest BCUT2D eigenvalue weighted by molar-refractivity contribution is 5.74. The molecule has 0 rings (SSSR count). The van der Waals surface area contributed by atoms with Crippen LogP contribution in [0.5, 0.6) is 0 Å². The Morgan fingerprint density at radius 3 is 2.80 bits per heavy atom. The van der Waals surface area contributed by atoms with Gasteiger partial charge in [0.05, 0.1) is 12.6 Å². The van der Waals surface area contributed by atoms with Gasteiger partial charge in [-0.25, -0.2) is 9.59 Å². The average molecular weight is 214 g/mol. The molecule has 6 heteroatoms. The van der Waals surface area contributed by atoms with Gasteiger partial charge in [-0.2, -0.15) is 0 Å². The van der Waals surface area contributed by atoms with Crippen LogP contribution in [0, 0.1) is 12.3 Å². The predicted octanol–water partition coefficient (Wildman–Crippen LogP) is -0.591. The number of hydrogen-bond donors (Lipinski definition) is 3. The van der Waals surface area contributed by atoms with Crippen LogP contribution in [0.2, 0.25) is 0 Å². The standard InChI is InChI=1S/C9H14N2O4/c1-3-7(2)11-9(14)10-4-5-15-6-8(12)13/h1,7H,4-6H2,2H3,(H,12,13)(H2,10,11,14). The molecule has 0 spiro atoms. The fourth-order valence-corrected chi connectivity index (χ4v) is 0.686. The third kappa shape index (κ3) is 8.59. The third-order valence-electron chi connectivity index (χ3n) is 1.36. The maximum Gasteiger partial charge on any atom is 0.329 e. The molecule has 0 aromatic heterocycles. The van der Waals surface area contributed by atoms with Gasteiger partial charge in [0.15, 0.2) is 0 Å². The summed E-state index contributed by atoms with van der Waals surface area (Å²) in [6.45, 7) is 1.67. The molecule has 0 aliphatic rings. The van der Waals surface area contributed by atoms with Crippen LogP contribution < -0.4 is 10.6 Å². The first-order valence-electron chi connectivity index (χ1n) is 4.36. The molecule has 6 nitrogen and oxygen atoms in total. The average Bonchev–Trinajstić information content (AvgIpc) is 2.16. The summed E-state index contributed by atoms with van der Waals surface area (Å²) in [5.41, 5.74) is 0. The van der Waals surface area contributed by atoms with Gasteiger partial charge >= 0.3 is 12.0 Å². The predicted molar refractivity (Wildman–Crippen MR) is 53.3 cm³/mol. The van der Waals surface area contributed by atoms with Crippen molar-refractivity contribution in [2.45, 2.75) is 13.0 Å². The van der Waals surface area contributed by atoms with E-state index in [1.54, 1.807) is 6.92 Å². The number of carbonyl (C=O) groups excluding carboxylic acids is 1. The molecule has 0 aliphatic heterocycles. The van der Waals surface area contributed by atoms with Gasteiger partial charge in [-0.05, 0) is 6.92 Å². The van der Waals surface area contributed by atoms with E-state index in [-0.39, 0.29) is 25.8 Å². The van der Waals surface area contributed by atoms with Crippen molar-refractivity contribution in [3.63, 3.8) is 0 Å². The highest BCUT2D eigenvalue weighted by atomic mass is 16.5. The normalized spacial score (nSPS) is 11.2. The van der Waals surface area contributed by atoms with Crippen LogP contribution in [0.1, 0.15) is 6.92 Å². The Morgan fingerprint density at radius 2 is 2.27 bits per heavy atom. The van der Waals surface area contributed by atoms with E-state index in [9.17, 15) is 9.59 Å². The Balaban J connectivity index is 3.40. The summed E-state index contributed by atoms with van der Waals surface area (Å²) < 4.78 is 4.69. The first-order chi connectivity index (χ1) is 7.06. The Labute approximate surface area is 88.0 Å². The molecular formula is C9H14N2O4. The van der Waals surface area contributed by atoms with E-state index in [0.717, 1.165) is 0 Å². The molecule has 0 bridgehead atoms. The Kier molecular flexibility index (Phi) is 6.76. The van der Waals surface area contributed by atoms with Gasteiger partial charge in [0.2, 0.25) is 0 Å². The van der Waals surface area contributed by atoms with E-state index in [0.29, 0.717) is 0 Å². The SMILES string of the molecule is C#CC(C)NC(=O)NCCOCC(=O)O. The molecule has 0 saturated heterocycles. The van der Waals surface area contributed by atoms with Crippen molar-refractivity contribution in [3.8, 4) is 12.3 Å². The van der Waals surface area contributed by atoms with E-state index in [2.05, 4.69) is 16.6 Å². The molecule has 0 saturated carbocycles. The topological polar surface area (TPSA) is 87.7 Å². The van der Waals surface area contributed by atoms with Crippen molar-refractivity contribution in [1.82, 2.24) is 10.6 Å². The largest absolute Gasteiger partial charge is 0.480 e. The lowest BCUT2D eigenvalue weighted by molar-refractivity contribution is -0.142.